The molecule has 0 aliphatic rings. The van der Waals surface area contributed by atoms with E-state index in [1.807, 2.05) is 33.8 Å². The lowest BCUT2D eigenvalue weighted by Crippen LogP contribution is -2.52. The first-order valence-corrected chi connectivity index (χ1v) is 7.93. The zero-order valence-electron chi connectivity index (χ0n) is 12.7. The van der Waals surface area contributed by atoms with Crippen LogP contribution < -0.4 is 16.2 Å². The number of hydrazine groups is 1. The fourth-order valence-corrected chi connectivity index (χ4v) is 3.02. The van der Waals surface area contributed by atoms with Crippen molar-refractivity contribution in [3.05, 3.63) is 21.4 Å². The van der Waals surface area contributed by atoms with Crippen molar-refractivity contribution in [2.75, 3.05) is 0 Å². The number of amides is 1. The van der Waals surface area contributed by atoms with Crippen LogP contribution in [-0.2, 0) is 6.42 Å². The second-order valence-electron chi connectivity index (χ2n) is 5.73. The van der Waals surface area contributed by atoms with Crippen LogP contribution in [0.1, 0.15) is 54.2 Å². The minimum atomic E-state index is -0.154. The lowest BCUT2D eigenvalue weighted by molar-refractivity contribution is 0.0947. The molecule has 6 heteroatoms. The van der Waals surface area contributed by atoms with Crippen LogP contribution in [0.3, 0.4) is 0 Å². The zero-order chi connectivity index (χ0) is 15.3. The highest BCUT2D eigenvalue weighted by Crippen LogP contribution is 2.22. The summed E-state index contributed by atoms with van der Waals surface area (Å²) in [5, 5.41) is 3.48. The fraction of sp³-hybridized carbons (Fsp3) is 0.571. The van der Waals surface area contributed by atoms with Crippen molar-refractivity contribution in [2.24, 2.45) is 0 Å². The summed E-state index contributed by atoms with van der Waals surface area (Å²) in [5.74, 6) is -0.154. The molecule has 0 saturated heterocycles. The Bertz CT molecular complexity index is 489. The minimum absolute atomic E-state index is 0.136. The van der Waals surface area contributed by atoms with Gasteiger partial charge in [-0.05, 0) is 58.0 Å². The van der Waals surface area contributed by atoms with E-state index >= 15 is 0 Å². The molecule has 0 aliphatic heterocycles. The second kappa shape index (κ2) is 7.04. The van der Waals surface area contributed by atoms with Crippen LogP contribution >= 0.6 is 23.6 Å². The highest BCUT2D eigenvalue weighted by Gasteiger charge is 2.14. The first-order valence-electron chi connectivity index (χ1n) is 6.70. The van der Waals surface area contributed by atoms with Gasteiger partial charge in [-0.2, -0.15) is 0 Å². The molecule has 0 unspecified atom stereocenters. The van der Waals surface area contributed by atoms with Gasteiger partial charge in [0.2, 0.25) is 0 Å². The summed E-state index contributed by atoms with van der Waals surface area (Å²) in [6.45, 7) is 10.2. The maximum Gasteiger partial charge on any atom is 0.279 e. The summed E-state index contributed by atoms with van der Waals surface area (Å²) in [4.78, 5) is 13.9. The largest absolute Gasteiger partial charge is 0.357 e. The number of rotatable bonds is 3. The number of hydrogen-bond donors (Lipinski definition) is 3. The van der Waals surface area contributed by atoms with Gasteiger partial charge in [0, 0.05) is 10.4 Å². The maximum absolute atomic E-state index is 12.0. The lowest BCUT2D eigenvalue weighted by Gasteiger charge is -2.22. The molecule has 0 atom stereocenters. The molecule has 0 fully saturated rings. The molecule has 112 valence electrons. The van der Waals surface area contributed by atoms with Gasteiger partial charge in [-0.1, -0.05) is 13.3 Å². The van der Waals surface area contributed by atoms with Crippen LogP contribution in [0.15, 0.2) is 6.07 Å². The van der Waals surface area contributed by atoms with Gasteiger partial charge in [-0.3, -0.25) is 15.6 Å². The molecule has 1 amide bonds. The Kier molecular flexibility index (Phi) is 5.95. The summed E-state index contributed by atoms with van der Waals surface area (Å²) in [6, 6.07) is 1.96. The molecule has 1 aromatic rings. The Morgan fingerprint density at radius 1 is 1.35 bits per heavy atom. The van der Waals surface area contributed by atoms with Crippen molar-refractivity contribution in [2.45, 2.75) is 53.0 Å². The van der Waals surface area contributed by atoms with E-state index in [2.05, 4.69) is 23.1 Å². The number of aryl methyl sites for hydroxylation is 2. The molecule has 1 heterocycles. The summed E-state index contributed by atoms with van der Waals surface area (Å²) in [6.07, 6.45) is 2.09. The van der Waals surface area contributed by atoms with Gasteiger partial charge < -0.3 is 5.32 Å². The van der Waals surface area contributed by atoms with E-state index in [0.29, 0.717) is 9.99 Å². The van der Waals surface area contributed by atoms with Gasteiger partial charge in [0.1, 0.15) is 0 Å². The minimum Gasteiger partial charge on any atom is -0.357 e. The molecule has 0 spiro atoms. The second-order valence-corrected chi connectivity index (χ2v) is 7.39. The standard InChI is InChI=1S/C14H23N3OS2/c1-6-7-10-8-11(20-9(10)2)12(18)16-17-13(19)15-14(3,4)5/h8H,6-7H2,1-5H3,(H,16,18)(H2,15,17,19). The number of thiophene rings is 1. The zero-order valence-corrected chi connectivity index (χ0v) is 14.3. The normalized spacial score (nSPS) is 11.1. The highest BCUT2D eigenvalue weighted by molar-refractivity contribution is 7.80. The predicted octanol–water partition coefficient (Wildman–Crippen LogP) is 2.92. The summed E-state index contributed by atoms with van der Waals surface area (Å²) < 4.78 is 0. The number of nitrogens with one attached hydrogen (secondary N) is 3. The van der Waals surface area contributed by atoms with Crippen LogP contribution in [0, 0.1) is 6.92 Å². The smallest absolute Gasteiger partial charge is 0.279 e. The molecule has 20 heavy (non-hydrogen) atoms. The van der Waals surface area contributed by atoms with Crippen LogP contribution in [0.5, 0.6) is 0 Å². The van der Waals surface area contributed by atoms with Crippen molar-refractivity contribution in [3.63, 3.8) is 0 Å². The van der Waals surface area contributed by atoms with E-state index in [-0.39, 0.29) is 11.4 Å². The first-order chi connectivity index (χ1) is 9.23. The number of hydrogen-bond acceptors (Lipinski definition) is 3. The molecule has 0 aromatic carbocycles. The third-order valence-electron chi connectivity index (χ3n) is 2.54. The highest BCUT2D eigenvalue weighted by atomic mass is 32.1. The Morgan fingerprint density at radius 3 is 2.55 bits per heavy atom. The van der Waals surface area contributed by atoms with Gasteiger partial charge in [0.25, 0.3) is 5.91 Å². The van der Waals surface area contributed by atoms with Gasteiger partial charge in [-0.25, -0.2) is 0 Å². The van der Waals surface area contributed by atoms with E-state index in [0.717, 1.165) is 12.8 Å². The number of carbonyl (C=O) groups excluding carboxylic acids is 1. The average Bonchev–Trinajstić information content (AvgIpc) is 2.66. The molecular formula is C14H23N3OS2. The Balaban J connectivity index is 2.55. The Morgan fingerprint density at radius 2 is 2.00 bits per heavy atom. The van der Waals surface area contributed by atoms with Crippen molar-refractivity contribution in [3.8, 4) is 0 Å². The topological polar surface area (TPSA) is 53.2 Å². The van der Waals surface area contributed by atoms with E-state index in [9.17, 15) is 4.79 Å². The molecule has 0 radical (unpaired) electrons. The lowest BCUT2D eigenvalue weighted by atomic mass is 10.1. The molecule has 3 N–H and O–H groups in total. The SMILES string of the molecule is CCCc1cc(C(=O)NNC(=S)NC(C)(C)C)sc1C. The van der Waals surface area contributed by atoms with E-state index in [1.54, 1.807) is 0 Å². The van der Waals surface area contributed by atoms with Crippen molar-refractivity contribution >= 4 is 34.6 Å². The van der Waals surface area contributed by atoms with E-state index in [1.165, 1.54) is 21.8 Å². The third kappa shape index (κ3) is 5.46. The van der Waals surface area contributed by atoms with Gasteiger partial charge in [-0.15, -0.1) is 11.3 Å². The first kappa shape index (κ1) is 16.9. The molecule has 0 aliphatic carbocycles. The predicted molar refractivity (Wildman–Crippen MR) is 89.1 cm³/mol. The molecule has 0 bridgehead atoms. The number of carbonyl (C=O) groups is 1. The molecule has 0 saturated carbocycles. The van der Waals surface area contributed by atoms with E-state index < -0.39 is 0 Å². The van der Waals surface area contributed by atoms with Gasteiger partial charge >= 0.3 is 0 Å². The summed E-state index contributed by atoms with van der Waals surface area (Å²) in [7, 11) is 0. The van der Waals surface area contributed by atoms with Crippen molar-refractivity contribution in [1.82, 2.24) is 16.2 Å². The van der Waals surface area contributed by atoms with Crippen LogP contribution in [0.25, 0.3) is 0 Å². The summed E-state index contributed by atoms with van der Waals surface area (Å²) >= 11 is 6.62. The van der Waals surface area contributed by atoms with E-state index in [4.69, 9.17) is 12.2 Å². The summed E-state index contributed by atoms with van der Waals surface area (Å²) in [5.41, 5.74) is 6.46. The number of thiocarbonyl (C=S) groups is 1. The fourth-order valence-electron chi connectivity index (χ4n) is 1.70. The maximum atomic E-state index is 12.0. The molecular weight excluding hydrogens is 290 g/mol. The Hall–Kier alpha value is -1.14. The van der Waals surface area contributed by atoms with Crippen LogP contribution in [0.2, 0.25) is 0 Å². The van der Waals surface area contributed by atoms with Gasteiger partial charge in [0.05, 0.1) is 4.88 Å². The Labute approximate surface area is 130 Å². The monoisotopic (exact) mass is 313 g/mol. The van der Waals surface area contributed by atoms with Crippen molar-refractivity contribution < 1.29 is 4.79 Å². The van der Waals surface area contributed by atoms with Gasteiger partial charge in [0.15, 0.2) is 5.11 Å². The molecule has 1 aromatic heterocycles. The molecule has 4 nitrogen and oxygen atoms in total. The quantitative estimate of drug-likeness (QED) is 0.593. The van der Waals surface area contributed by atoms with Crippen LogP contribution in [0.4, 0.5) is 0 Å². The van der Waals surface area contributed by atoms with Crippen molar-refractivity contribution in [1.29, 1.82) is 0 Å². The third-order valence-corrected chi connectivity index (χ3v) is 3.84. The molecule has 1 rings (SSSR count). The average molecular weight is 313 g/mol. The van der Waals surface area contributed by atoms with Crippen LogP contribution in [-0.4, -0.2) is 16.6 Å².